The second-order valence-electron chi connectivity index (χ2n) is 8.84. The maximum atomic E-state index is 14.0. The highest BCUT2D eigenvalue weighted by molar-refractivity contribution is 6.30. The Bertz CT molecular complexity index is 1110. The number of amides is 1. The molecule has 0 unspecified atom stereocenters. The van der Waals surface area contributed by atoms with Gasteiger partial charge in [-0.1, -0.05) is 49.7 Å². The van der Waals surface area contributed by atoms with Gasteiger partial charge in [-0.15, -0.1) is 0 Å². The first-order valence-electron chi connectivity index (χ1n) is 9.87. The van der Waals surface area contributed by atoms with E-state index >= 15 is 0 Å². The molecule has 2 aromatic heterocycles. The van der Waals surface area contributed by atoms with Crippen LogP contribution in [0.15, 0.2) is 34.9 Å². The van der Waals surface area contributed by atoms with Crippen molar-refractivity contribution in [2.45, 2.75) is 40.4 Å². The summed E-state index contributed by atoms with van der Waals surface area (Å²) in [6.45, 7) is 7.34. The van der Waals surface area contributed by atoms with Crippen molar-refractivity contribution in [3.8, 4) is 11.1 Å². The van der Waals surface area contributed by atoms with Crippen LogP contribution in [0.1, 0.15) is 48.7 Å². The number of hydrogen-bond acceptors (Lipinski definition) is 4. The number of benzene rings is 1. The summed E-state index contributed by atoms with van der Waals surface area (Å²) < 4.78 is 48.0. The van der Waals surface area contributed by atoms with Gasteiger partial charge >= 0.3 is 6.18 Å². The molecule has 10 heteroatoms. The monoisotopic (exact) mass is 468 g/mol. The molecular formula is C22H24ClF3N4O2. The van der Waals surface area contributed by atoms with Gasteiger partial charge in [0.1, 0.15) is 17.9 Å². The molecule has 0 spiro atoms. The molecule has 32 heavy (non-hydrogen) atoms. The van der Waals surface area contributed by atoms with Gasteiger partial charge in [0.25, 0.3) is 5.91 Å². The highest BCUT2D eigenvalue weighted by Crippen LogP contribution is 2.38. The fourth-order valence-corrected chi connectivity index (χ4v) is 3.66. The minimum Gasteiger partial charge on any atom is -0.340 e. The number of aryl methyl sites for hydroxylation is 1. The van der Waals surface area contributed by atoms with E-state index in [4.69, 9.17) is 16.1 Å². The Hall–Kier alpha value is -2.81. The van der Waals surface area contributed by atoms with Crippen LogP contribution in [0.3, 0.4) is 0 Å². The molecule has 0 atom stereocenters. The van der Waals surface area contributed by atoms with E-state index in [9.17, 15) is 18.0 Å². The Kier molecular flexibility index (Phi) is 6.42. The Balaban J connectivity index is 2.24. The van der Waals surface area contributed by atoms with Gasteiger partial charge in [-0.2, -0.15) is 18.2 Å². The van der Waals surface area contributed by atoms with Crippen LogP contribution in [0, 0.1) is 12.3 Å². The second-order valence-corrected chi connectivity index (χ2v) is 9.28. The van der Waals surface area contributed by atoms with Gasteiger partial charge in [0, 0.05) is 24.2 Å². The molecule has 1 aromatic carbocycles. The standard InChI is InChI=1S/C22H24ClF3N4O2/c1-13-27-18(32-28-13)11-30-17(22(24,25)26)10-16(14-6-8-15(23)9-7-14)19(30)20(31)29(5)12-21(2,3)4/h6-10H,11-12H2,1-5H3. The fraction of sp³-hybridized carbons (Fsp3) is 0.409. The van der Waals surface area contributed by atoms with Gasteiger partial charge in [-0.3, -0.25) is 4.79 Å². The molecule has 6 nitrogen and oxygen atoms in total. The maximum absolute atomic E-state index is 14.0. The molecule has 2 heterocycles. The predicted octanol–water partition coefficient (Wildman–Crippen LogP) is 5.69. The lowest BCUT2D eigenvalue weighted by Crippen LogP contribution is -2.36. The van der Waals surface area contributed by atoms with Crippen LogP contribution >= 0.6 is 11.6 Å². The molecule has 0 N–H and O–H groups in total. The lowest BCUT2D eigenvalue weighted by molar-refractivity contribution is -0.143. The third kappa shape index (κ3) is 5.32. The predicted molar refractivity (Wildman–Crippen MR) is 114 cm³/mol. The van der Waals surface area contributed by atoms with Crippen molar-refractivity contribution in [1.82, 2.24) is 19.6 Å². The number of nitrogens with zero attached hydrogens (tertiary/aromatic N) is 4. The van der Waals surface area contributed by atoms with Crippen molar-refractivity contribution in [1.29, 1.82) is 0 Å². The summed E-state index contributed by atoms with van der Waals surface area (Å²) in [4.78, 5) is 18.9. The zero-order valence-corrected chi connectivity index (χ0v) is 19.2. The van der Waals surface area contributed by atoms with Crippen LogP contribution < -0.4 is 0 Å². The lowest BCUT2D eigenvalue weighted by Gasteiger charge is -2.27. The number of aromatic nitrogens is 3. The molecule has 0 aliphatic carbocycles. The Labute approximate surface area is 189 Å². The largest absolute Gasteiger partial charge is 0.431 e. The molecule has 0 aliphatic rings. The molecule has 3 rings (SSSR count). The number of hydrogen-bond donors (Lipinski definition) is 0. The fourth-order valence-electron chi connectivity index (χ4n) is 3.53. The molecule has 172 valence electrons. The summed E-state index contributed by atoms with van der Waals surface area (Å²) >= 11 is 5.96. The summed E-state index contributed by atoms with van der Waals surface area (Å²) in [5.41, 5.74) is -0.754. The van der Waals surface area contributed by atoms with Gasteiger partial charge in [0.15, 0.2) is 5.82 Å². The van der Waals surface area contributed by atoms with Crippen LogP contribution in [-0.2, 0) is 12.7 Å². The van der Waals surface area contributed by atoms with Crippen molar-refractivity contribution in [2.24, 2.45) is 5.41 Å². The van der Waals surface area contributed by atoms with Gasteiger partial charge in [-0.25, -0.2) is 0 Å². The SMILES string of the molecule is Cc1noc(Cn2c(C(F)(F)F)cc(-c3ccc(Cl)cc3)c2C(=O)N(C)CC(C)(C)C)n1. The first-order valence-corrected chi connectivity index (χ1v) is 10.3. The summed E-state index contributed by atoms with van der Waals surface area (Å²) in [5.74, 6) is -0.285. The first kappa shape index (κ1) is 23.8. The van der Waals surface area contributed by atoms with E-state index in [1.807, 2.05) is 20.8 Å². The van der Waals surface area contributed by atoms with E-state index in [1.54, 1.807) is 38.2 Å². The normalized spacial score (nSPS) is 12.3. The highest BCUT2D eigenvalue weighted by atomic mass is 35.5. The van der Waals surface area contributed by atoms with Crippen LogP contribution in [-0.4, -0.2) is 39.1 Å². The van der Waals surface area contributed by atoms with Crippen molar-refractivity contribution in [2.75, 3.05) is 13.6 Å². The zero-order chi connectivity index (χ0) is 23.8. The zero-order valence-electron chi connectivity index (χ0n) is 18.4. The molecule has 0 saturated carbocycles. The number of carbonyl (C=O) groups is 1. The molecule has 0 aliphatic heterocycles. The molecule has 0 saturated heterocycles. The highest BCUT2D eigenvalue weighted by Gasteiger charge is 2.39. The van der Waals surface area contributed by atoms with Gasteiger partial charge in [0.2, 0.25) is 5.89 Å². The van der Waals surface area contributed by atoms with Crippen LogP contribution in [0.4, 0.5) is 13.2 Å². The maximum Gasteiger partial charge on any atom is 0.431 e. The Morgan fingerprint density at radius 1 is 1.19 bits per heavy atom. The summed E-state index contributed by atoms with van der Waals surface area (Å²) in [6.07, 6.45) is -4.71. The van der Waals surface area contributed by atoms with Crippen LogP contribution in [0.2, 0.25) is 5.02 Å². The van der Waals surface area contributed by atoms with E-state index in [0.717, 1.165) is 10.6 Å². The quantitative estimate of drug-likeness (QED) is 0.483. The summed E-state index contributed by atoms with van der Waals surface area (Å²) in [5, 5.41) is 4.08. The average molecular weight is 469 g/mol. The number of rotatable bonds is 5. The smallest absolute Gasteiger partial charge is 0.340 e. The van der Waals surface area contributed by atoms with Crippen LogP contribution in [0.5, 0.6) is 0 Å². The number of alkyl halides is 3. The third-order valence-electron chi connectivity index (χ3n) is 4.67. The van der Waals surface area contributed by atoms with E-state index < -0.39 is 24.3 Å². The van der Waals surface area contributed by atoms with Gasteiger partial charge < -0.3 is 14.0 Å². The summed E-state index contributed by atoms with van der Waals surface area (Å²) in [6, 6.07) is 7.27. The second kappa shape index (κ2) is 8.61. The minimum atomic E-state index is -4.71. The third-order valence-corrected chi connectivity index (χ3v) is 4.92. The topological polar surface area (TPSA) is 64.2 Å². The molecule has 3 aromatic rings. The number of carbonyl (C=O) groups excluding carboxylic acids is 1. The minimum absolute atomic E-state index is 0.0289. The molecule has 0 fully saturated rings. The Morgan fingerprint density at radius 3 is 2.31 bits per heavy atom. The molecule has 1 amide bonds. The van der Waals surface area contributed by atoms with E-state index in [0.29, 0.717) is 17.1 Å². The van der Waals surface area contributed by atoms with E-state index in [1.165, 1.54) is 4.90 Å². The van der Waals surface area contributed by atoms with Crippen molar-refractivity contribution in [3.63, 3.8) is 0 Å². The van der Waals surface area contributed by atoms with Gasteiger partial charge in [0.05, 0.1) is 0 Å². The molecular weight excluding hydrogens is 445 g/mol. The van der Waals surface area contributed by atoms with Crippen molar-refractivity contribution in [3.05, 3.63) is 58.5 Å². The molecule has 0 radical (unpaired) electrons. The van der Waals surface area contributed by atoms with Crippen molar-refractivity contribution >= 4 is 17.5 Å². The van der Waals surface area contributed by atoms with E-state index in [2.05, 4.69) is 10.1 Å². The van der Waals surface area contributed by atoms with E-state index in [-0.39, 0.29) is 28.4 Å². The first-order chi connectivity index (χ1) is 14.8. The van der Waals surface area contributed by atoms with Crippen molar-refractivity contribution < 1.29 is 22.5 Å². The van der Waals surface area contributed by atoms with Gasteiger partial charge in [-0.05, 0) is 36.1 Å². The number of halogens is 4. The molecule has 0 bridgehead atoms. The average Bonchev–Trinajstić information content (AvgIpc) is 3.24. The van der Waals surface area contributed by atoms with Crippen LogP contribution in [0.25, 0.3) is 11.1 Å². The summed E-state index contributed by atoms with van der Waals surface area (Å²) in [7, 11) is 1.57. The lowest BCUT2D eigenvalue weighted by atomic mass is 9.96. The Morgan fingerprint density at radius 2 is 1.81 bits per heavy atom.